The van der Waals surface area contributed by atoms with E-state index in [-0.39, 0.29) is 0 Å². The van der Waals surface area contributed by atoms with Gasteiger partial charge < -0.3 is 5.32 Å². The Bertz CT molecular complexity index is 409. The molecule has 0 fully saturated rings. The van der Waals surface area contributed by atoms with Gasteiger partial charge in [0.15, 0.2) is 0 Å². The molecule has 0 aliphatic carbocycles. The molecule has 0 aliphatic heterocycles. The third-order valence-electron chi connectivity index (χ3n) is 2.99. The molecule has 2 nitrogen and oxygen atoms in total. The lowest BCUT2D eigenvalue weighted by Crippen LogP contribution is -2.15. The summed E-state index contributed by atoms with van der Waals surface area (Å²) in [7, 11) is 0. The molecule has 1 N–H and O–H groups in total. The topological polar surface area (TPSA) is 35.8 Å². The lowest BCUT2D eigenvalue weighted by Gasteiger charge is -2.16. The Labute approximate surface area is 115 Å². The number of nitrogens with zero attached hydrogens (tertiary/aromatic N) is 1. The van der Waals surface area contributed by atoms with Crippen LogP contribution in [0.2, 0.25) is 5.02 Å². The molecule has 0 heterocycles. The number of hydrogen-bond donors (Lipinski definition) is 1. The van der Waals surface area contributed by atoms with Gasteiger partial charge in [-0.05, 0) is 31.5 Å². The average molecular weight is 265 g/mol. The van der Waals surface area contributed by atoms with Crippen molar-refractivity contribution in [2.45, 2.75) is 52.0 Å². The molecule has 1 unspecified atom stereocenters. The van der Waals surface area contributed by atoms with Crippen molar-refractivity contribution in [3.8, 4) is 6.07 Å². The van der Waals surface area contributed by atoms with Gasteiger partial charge in [-0.15, -0.1) is 0 Å². The minimum absolute atomic E-state index is 0.384. The Kier molecular flexibility index (Phi) is 6.60. The second-order valence-corrected chi connectivity index (χ2v) is 5.13. The van der Waals surface area contributed by atoms with Gasteiger partial charge in [0.1, 0.15) is 6.07 Å². The van der Waals surface area contributed by atoms with Crippen LogP contribution in [0.4, 0.5) is 5.69 Å². The molecule has 98 valence electrons. The highest BCUT2D eigenvalue weighted by Crippen LogP contribution is 2.21. The first-order valence-electron chi connectivity index (χ1n) is 6.63. The highest BCUT2D eigenvalue weighted by Gasteiger charge is 2.06. The maximum atomic E-state index is 9.05. The Morgan fingerprint density at radius 3 is 2.78 bits per heavy atom. The SMILES string of the molecule is CCCCCCC(C)Nc1ccc(Cl)cc1C#N. The Hall–Kier alpha value is -1.20. The van der Waals surface area contributed by atoms with Crippen LogP contribution in [0.3, 0.4) is 0 Å². The lowest BCUT2D eigenvalue weighted by atomic mass is 10.1. The summed E-state index contributed by atoms with van der Waals surface area (Å²) in [4.78, 5) is 0. The summed E-state index contributed by atoms with van der Waals surface area (Å²) in [6.45, 7) is 4.37. The van der Waals surface area contributed by atoms with Gasteiger partial charge in [-0.3, -0.25) is 0 Å². The standard InChI is InChI=1S/C15H21ClN2/c1-3-4-5-6-7-12(2)18-15-9-8-14(16)10-13(15)11-17/h8-10,12,18H,3-7H2,1-2H3. The molecule has 0 spiro atoms. The number of halogens is 1. The first-order valence-corrected chi connectivity index (χ1v) is 7.01. The molecule has 0 saturated carbocycles. The average Bonchev–Trinajstić information content (AvgIpc) is 2.37. The second kappa shape index (κ2) is 8.00. The number of benzene rings is 1. The largest absolute Gasteiger partial charge is 0.382 e. The number of hydrogen-bond acceptors (Lipinski definition) is 2. The quantitative estimate of drug-likeness (QED) is 0.705. The van der Waals surface area contributed by atoms with E-state index in [9.17, 15) is 0 Å². The molecule has 0 amide bonds. The van der Waals surface area contributed by atoms with E-state index in [1.807, 2.05) is 12.1 Å². The molecule has 0 aromatic heterocycles. The maximum Gasteiger partial charge on any atom is 0.101 e. The van der Waals surface area contributed by atoms with E-state index in [0.717, 1.165) is 12.1 Å². The fourth-order valence-corrected chi connectivity index (χ4v) is 2.12. The van der Waals surface area contributed by atoms with Gasteiger partial charge in [0, 0.05) is 11.1 Å². The van der Waals surface area contributed by atoms with Crippen LogP contribution in [0.1, 0.15) is 51.5 Å². The van der Waals surface area contributed by atoms with Crippen LogP contribution in [0, 0.1) is 11.3 Å². The van der Waals surface area contributed by atoms with E-state index in [0.29, 0.717) is 16.6 Å². The number of rotatable bonds is 7. The van der Waals surface area contributed by atoms with Gasteiger partial charge in [-0.25, -0.2) is 0 Å². The number of anilines is 1. The van der Waals surface area contributed by atoms with E-state index < -0.39 is 0 Å². The third kappa shape index (κ3) is 4.98. The van der Waals surface area contributed by atoms with Gasteiger partial charge in [0.05, 0.1) is 11.3 Å². The van der Waals surface area contributed by atoms with Crippen molar-refractivity contribution in [3.63, 3.8) is 0 Å². The molecule has 0 aliphatic rings. The Balaban J connectivity index is 2.49. The van der Waals surface area contributed by atoms with Crippen LogP contribution in [-0.4, -0.2) is 6.04 Å². The molecule has 1 rings (SSSR count). The van der Waals surface area contributed by atoms with Crippen molar-refractivity contribution in [2.75, 3.05) is 5.32 Å². The van der Waals surface area contributed by atoms with Gasteiger partial charge in [-0.1, -0.05) is 44.2 Å². The van der Waals surface area contributed by atoms with E-state index in [4.69, 9.17) is 16.9 Å². The normalized spacial score (nSPS) is 11.9. The van der Waals surface area contributed by atoms with Crippen molar-refractivity contribution < 1.29 is 0 Å². The Morgan fingerprint density at radius 2 is 2.11 bits per heavy atom. The van der Waals surface area contributed by atoms with Crippen molar-refractivity contribution in [3.05, 3.63) is 28.8 Å². The minimum Gasteiger partial charge on any atom is -0.382 e. The molecular formula is C15H21ClN2. The molecule has 1 aromatic carbocycles. The summed E-state index contributed by atoms with van der Waals surface area (Å²) < 4.78 is 0. The molecule has 1 atom stereocenters. The highest BCUT2D eigenvalue weighted by atomic mass is 35.5. The zero-order valence-corrected chi connectivity index (χ0v) is 11.9. The molecule has 18 heavy (non-hydrogen) atoms. The third-order valence-corrected chi connectivity index (χ3v) is 3.23. The zero-order chi connectivity index (χ0) is 13.4. The smallest absolute Gasteiger partial charge is 0.101 e. The monoisotopic (exact) mass is 264 g/mol. The van der Waals surface area contributed by atoms with Gasteiger partial charge in [0.25, 0.3) is 0 Å². The van der Waals surface area contributed by atoms with Crippen LogP contribution in [0.25, 0.3) is 0 Å². The highest BCUT2D eigenvalue weighted by molar-refractivity contribution is 6.30. The summed E-state index contributed by atoms with van der Waals surface area (Å²) in [6.07, 6.45) is 6.22. The van der Waals surface area contributed by atoms with Crippen LogP contribution in [-0.2, 0) is 0 Å². The lowest BCUT2D eigenvalue weighted by molar-refractivity contribution is 0.594. The van der Waals surface area contributed by atoms with E-state index in [2.05, 4.69) is 25.2 Å². The Morgan fingerprint density at radius 1 is 1.33 bits per heavy atom. The van der Waals surface area contributed by atoms with Crippen molar-refractivity contribution in [2.24, 2.45) is 0 Å². The number of nitrogens with one attached hydrogen (secondary N) is 1. The zero-order valence-electron chi connectivity index (χ0n) is 11.2. The van der Waals surface area contributed by atoms with Gasteiger partial charge >= 0.3 is 0 Å². The van der Waals surface area contributed by atoms with Crippen molar-refractivity contribution in [1.82, 2.24) is 0 Å². The van der Waals surface area contributed by atoms with Gasteiger partial charge in [-0.2, -0.15) is 5.26 Å². The van der Waals surface area contributed by atoms with Crippen LogP contribution in [0.15, 0.2) is 18.2 Å². The van der Waals surface area contributed by atoms with E-state index in [1.165, 1.54) is 25.7 Å². The fraction of sp³-hybridized carbons (Fsp3) is 0.533. The molecule has 1 aromatic rings. The van der Waals surface area contributed by atoms with Gasteiger partial charge in [0.2, 0.25) is 0 Å². The summed E-state index contributed by atoms with van der Waals surface area (Å²) >= 11 is 5.87. The van der Waals surface area contributed by atoms with Crippen LogP contribution >= 0.6 is 11.6 Å². The van der Waals surface area contributed by atoms with Crippen LogP contribution in [0.5, 0.6) is 0 Å². The summed E-state index contributed by atoms with van der Waals surface area (Å²) in [6, 6.07) is 7.95. The van der Waals surface area contributed by atoms with Crippen LogP contribution < -0.4 is 5.32 Å². The molecule has 0 bridgehead atoms. The van der Waals surface area contributed by atoms with E-state index >= 15 is 0 Å². The predicted molar refractivity (Wildman–Crippen MR) is 78.0 cm³/mol. The molecule has 0 radical (unpaired) electrons. The second-order valence-electron chi connectivity index (χ2n) is 4.70. The minimum atomic E-state index is 0.384. The fourth-order valence-electron chi connectivity index (χ4n) is 1.95. The molecular weight excluding hydrogens is 244 g/mol. The molecule has 0 saturated heterocycles. The number of unbranched alkanes of at least 4 members (excludes halogenated alkanes) is 3. The first-order chi connectivity index (χ1) is 8.67. The predicted octanol–water partition coefficient (Wildman–Crippen LogP) is 4.98. The maximum absolute atomic E-state index is 9.05. The summed E-state index contributed by atoms with van der Waals surface area (Å²) in [5, 5.41) is 13.0. The van der Waals surface area contributed by atoms with Crippen molar-refractivity contribution in [1.29, 1.82) is 5.26 Å². The molecule has 3 heteroatoms. The summed E-state index contributed by atoms with van der Waals surface area (Å²) in [5.74, 6) is 0. The van der Waals surface area contributed by atoms with E-state index in [1.54, 1.807) is 6.07 Å². The van der Waals surface area contributed by atoms with Crippen molar-refractivity contribution >= 4 is 17.3 Å². The number of nitriles is 1. The first kappa shape index (κ1) is 14.9. The summed E-state index contributed by atoms with van der Waals surface area (Å²) in [5.41, 5.74) is 1.49.